The number of hydrogen-bond acceptors (Lipinski definition) is 3. The Bertz CT molecular complexity index is 646. The predicted molar refractivity (Wildman–Crippen MR) is 94.9 cm³/mol. The number of carbonyl (C=O) groups excluding carboxylic acids is 1. The molecule has 2 rings (SSSR count). The van der Waals surface area contributed by atoms with E-state index in [4.69, 9.17) is 0 Å². The molecule has 1 unspecified atom stereocenters. The summed E-state index contributed by atoms with van der Waals surface area (Å²) in [4.78, 5) is 12.2. The Morgan fingerprint density at radius 1 is 1.29 bits per heavy atom. The lowest BCUT2D eigenvalue weighted by Crippen LogP contribution is -2.43. The maximum absolute atomic E-state index is 12.2. The van der Waals surface area contributed by atoms with Gasteiger partial charge in [-0.15, -0.1) is 0 Å². The number of aromatic nitrogens is 2. The van der Waals surface area contributed by atoms with Crippen LogP contribution in [0.2, 0.25) is 0 Å². The molecular formula is C19H27N3O2. The van der Waals surface area contributed by atoms with Crippen LogP contribution in [-0.2, 0) is 11.2 Å². The monoisotopic (exact) mass is 329 g/mol. The Balaban J connectivity index is 1.88. The summed E-state index contributed by atoms with van der Waals surface area (Å²) in [7, 11) is 0. The highest BCUT2D eigenvalue weighted by atomic mass is 16.3. The number of benzene rings is 1. The third kappa shape index (κ3) is 4.68. The molecule has 2 aromatic rings. The van der Waals surface area contributed by atoms with Crippen LogP contribution in [0.4, 0.5) is 0 Å². The van der Waals surface area contributed by atoms with Crippen LogP contribution in [0.15, 0.2) is 42.7 Å². The number of amides is 1. The fraction of sp³-hybridized carbons (Fsp3) is 0.474. The van der Waals surface area contributed by atoms with Gasteiger partial charge in [-0.2, -0.15) is 5.10 Å². The molecule has 0 aliphatic rings. The van der Waals surface area contributed by atoms with Crippen molar-refractivity contribution in [2.45, 2.75) is 40.2 Å². The summed E-state index contributed by atoms with van der Waals surface area (Å²) in [6.45, 7) is 8.36. The van der Waals surface area contributed by atoms with E-state index in [9.17, 15) is 9.90 Å². The molecule has 2 N–H and O–H groups in total. The SMILES string of the molecule is CC(C)C(O)C(C)(C)CNC(=O)Cc1ccc(-n2cccn2)cc1. The van der Waals surface area contributed by atoms with Crippen LogP contribution in [0.5, 0.6) is 0 Å². The van der Waals surface area contributed by atoms with Gasteiger partial charge in [0.1, 0.15) is 0 Å². The Morgan fingerprint density at radius 3 is 2.50 bits per heavy atom. The van der Waals surface area contributed by atoms with E-state index in [0.717, 1.165) is 11.3 Å². The molecule has 0 saturated carbocycles. The standard InChI is InChI=1S/C19H27N3O2/c1-14(2)18(24)19(3,4)13-20-17(23)12-15-6-8-16(9-7-15)22-11-5-10-21-22/h5-11,14,18,24H,12-13H2,1-4H3,(H,20,23). The minimum absolute atomic E-state index is 0.0362. The van der Waals surface area contributed by atoms with Gasteiger partial charge in [0, 0.05) is 24.4 Å². The molecule has 1 amide bonds. The third-order valence-corrected chi connectivity index (χ3v) is 4.24. The number of carbonyl (C=O) groups is 1. The van der Waals surface area contributed by atoms with Gasteiger partial charge in [0.25, 0.3) is 0 Å². The Labute approximate surface area is 143 Å². The maximum Gasteiger partial charge on any atom is 0.224 e. The van der Waals surface area contributed by atoms with Crippen LogP contribution in [0.25, 0.3) is 5.69 Å². The molecule has 0 fully saturated rings. The fourth-order valence-electron chi connectivity index (χ4n) is 2.77. The number of rotatable bonds is 7. The highest BCUT2D eigenvalue weighted by molar-refractivity contribution is 5.78. The van der Waals surface area contributed by atoms with E-state index in [-0.39, 0.29) is 17.2 Å². The first-order valence-corrected chi connectivity index (χ1v) is 8.33. The molecule has 5 nitrogen and oxygen atoms in total. The minimum Gasteiger partial charge on any atom is -0.392 e. The van der Waals surface area contributed by atoms with Crippen molar-refractivity contribution in [1.82, 2.24) is 15.1 Å². The molecule has 0 spiro atoms. The van der Waals surface area contributed by atoms with Gasteiger partial charge in [-0.25, -0.2) is 4.68 Å². The molecule has 0 saturated heterocycles. The summed E-state index contributed by atoms with van der Waals surface area (Å²) in [5, 5.41) is 17.3. The predicted octanol–water partition coefficient (Wildman–Crippen LogP) is 2.57. The first-order chi connectivity index (χ1) is 11.3. The summed E-state index contributed by atoms with van der Waals surface area (Å²) in [5.41, 5.74) is 1.56. The smallest absolute Gasteiger partial charge is 0.224 e. The number of hydrogen-bond donors (Lipinski definition) is 2. The zero-order valence-electron chi connectivity index (χ0n) is 14.9. The highest BCUT2D eigenvalue weighted by Crippen LogP contribution is 2.25. The molecule has 1 atom stereocenters. The number of aliphatic hydroxyl groups is 1. The zero-order valence-corrected chi connectivity index (χ0v) is 14.9. The molecule has 0 radical (unpaired) electrons. The number of aliphatic hydroxyl groups excluding tert-OH is 1. The van der Waals surface area contributed by atoms with E-state index in [1.165, 1.54) is 0 Å². The van der Waals surface area contributed by atoms with Gasteiger partial charge in [-0.3, -0.25) is 4.79 Å². The van der Waals surface area contributed by atoms with Crippen molar-refractivity contribution < 1.29 is 9.90 Å². The van der Waals surface area contributed by atoms with E-state index in [1.807, 2.05) is 64.2 Å². The third-order valence-electron chi connectivity index (χ3n) is 4.24. The molecule has 0 aliphatic heterocycles. The van der Waals surface area contributed by atoms with Crippen molar-refractivity contribution >= 4 is 5.91 Å². The van der Waals surface area contributed by atoms with E-state index < -0.39 is 6.10 Å². The topological polar surface area (TPSA) is 67.2 Å². The van der Waals surface area contributed by atoms with Gasteiger partial charge in [0.2, 0.25) is 5.91 Å². The summed E-state index contributed by atoms with van der Waals surface area (Å²) >= 11 is 0. The van der Waals surface area contributed by atoms with Crippen molar-refractivity contribution in [2.75, 3.05) is 6.54 Å². The van der Waals surface area contributed by atoms with Crippen LogP contribution >= 0.6 is 0 Å². The van der Waals surface area contributed by atoms with Gasteiger partial charge >= 0.3 is 0 Å². The molecular weight excluding hydrogens is 302 g/mol. The lowest BCUT2D eigenvalue weighted by Gasteiger charge is -2.33. The Morgan fingerprint density at radius 2 is 1.96 bits per heavy atom. The second kappa shape index (κ2) is 7.62. The number of nitrogens with zero attached hydrogens (tertiary/aromatic N) is 2. The molecule has 0 aliphatic carbocycles. The van der Waals surface area contributed by atoms with Crippen molar-refractivity contribution in [3.05, 3.63) is 48.3 Å². The van der Waals surface area contributed by atoms with E-state index >= 15 is 0 Å². The largest absolute Gasteiger partial charge is 0.392 e. The van der Waals surface area contributed by atoms with E-state index in [1.54, 1.807) is 10.9 Å². The Hall–Kier alpha value is -2.14. The normalized spacial score (nSPS) is 13.1. The van der Waals surface area contributed by atoms with Gasteiger partial charge < -0.3 is 10.4 Å². The molecule has 1 heterocycles. The lowest BCUT2D eigenvalue weighted by atomic mass is 9.80. The second-order valence-electron chi connectivity index (χ2n) is 7.25. The van der Waals surface area contributed by atoms with Crippen LogP contribution in [0.3, 0.4) is 0 Å². The molecule has 24 heavy (non-hydrogen) atoms. The van der Waals surface area contributed by atoms with Crippen molar-refractivity contribution in [3.63, 3.8) is 0 Å². The summed E-state index contributed by atoms with van der Waals surface area (Å²) < 4.78 is 1.78. The molecule has 1 aromatic heterocycles. The highest BCUT2D eigenvalue weighted by Gasteiger charge is 2.30. The van der Waals surface area contributed by atoms with Gasteiger partial charge in [0.15, 0.2) is 0 Å². The van der Waals surface area contributed by atoms with E-state index in [0.29, 0.717) is 13.0 Å². The van der Waals surface area contributed by atoms with Crippen molar-refractivity contribution in [1.29, 1.82) is 0 Å². The molecule has 0 bridgehead atoms. The Kier molecular flexibility index (Phi) is 5.78. The van der Waals surface area contributed by atoms with E-state index in [2.05, 4.69) is 10.4 Å². The van der Waals surface area contributed by atoms with Crippen LogP contribution in [-0.4, -0.2) is 33.4 Å². The molecule has 130 valence electrons. The lowest BCUT2D eigenvalue weighted by molar-refractivity contribution is -0.121. The van der Waals surface area contributed by atoms with Crippen LogP contribution in [0, 0.1) is 11.3 Å². The summed E-state index contributed by atoms with van der Waals surface area (Å²) in [6, 6.07) is 9.63. The van der Waals surface area contributed by atoms with Gasteiger partial charge in [0.05, 0.1) is 18.2 Å². The average Bonchev–Trinajstić information content (AvgIpc) is 3.07. The maximum atomic E-state index is 12.2. The fourth-order valence-corrected chi connectivity index (χ4v) is 2.77. The average molecular weight is 329 g/mol. The first kappa shape index (κ1) is 18.2. The zero-order chi connectivity index (χ0) is 17.7. The second-order valence-corrected chi connectivity index (χ2v) is 7.25. The first-order valence-electron chi connectivity index (χ1n) is 8.33. The summed E-state index contributed by atoms with van der Waals surface area (Å²) in [5.74, 6) is 0.123. The quantitative estimate of drug-likeness (QED) is 0.820. The van der Waals surface area contributed by atoms with Crippen LogP contribution in [0.1, 0.15) is 33.3 Å². The minimum atomic E-state index is -0.453. The van der Waals surface area contributed by atoms with Gasteiger partial charge in [-0.05, 0) is 29.7 Å². The van der Waals surface area contributed by atoms with Crippen molar-refractivity contribution in [2.24, 2.45) is 11.3 Å². The molecule has 5 heteroatoms. The number of nitrogens with one attached hydrogen (secondary N) is 1. The van der Waals surface area contributed by atoms with Crippen molar-refractivity contribution in [3.8, 4) is 5.69 Å². The van der Waals surface area contributed by atoms with Crippen LogP contribution < -0.4 is 5.32 Å². The van der Waals surface area contributed by atoms with Gasteiger partial charge in [-0.1, -0.05) is 39.8 Å². The molecule has 1 aromatic carbocycles. The summed E-state index contributed by atoms with van der Waals surface area (Å²) in [6.07, 6.45) is 3.48.